The number of aromatic amines is 1. The second-order valence-corrected chi connectivity index (χ2v) is 6.04. The summed E-state index contributed by atoms with van der Waals surface area (Å²) < 4.78 is 0. The van der Waals surface area contributed by atoms with Gasteiger partial charge in [0.2, 0.25) is 0 Å². The van der Waals surface area contributed by atoms with Gasteiger partial charge in [0.1, 0.15) is 0 Å². The largest absolute Gasteiger partial charge is 0.355 e. The molecule has 0 spiro atoms. The van der Waals surface area contributed by atoms with Crippen LogP contribution in [0.2, 0.25) is 0 Å². The molecule has 3 aromatic rings. The van der Waals surface area contributed by atoms with Gasteiger partial charge in [-0.05, 0) is 34.9 Å². The molecule has 0 radical (unpaired) electrons. The lowest BCUT2D eigenvalue weighted by Gasteiger charge is -2.08. The van der Waals surface area contributed by atoms with Crippen LogP contribution in [0.15, 0.2) is 48.5 Å². The summed E-state index contributed by atoms with van der Waals surface area (Å²) >= 11 is 0. The van der Waals surface area contributed by atoms with E-state index < -0.39 is 0 Å². The number of fused-ring (bicyclic) bond motifs is 1. The number of benzene rings is 2. The molecule has 3 heteroatoms. The van der Waals surface area contributed by atoms with Crippen molar-refractivity contribution in [3.8, 4) is 11.3 Å². The average Bonchev–Trinajstić information content (AvgIpc) is 2.96. The summed E-state index contributed by atoms with van der Waals surface area (Å²) in [6.07, 6.45) is 0. The van der Waals surface area contributed by atoms with Crippen molar-refractivity contribution < 1.29 is 0 Å². The number of hydrogen-bond donors (Lipinski definition) is 3. The lowest BCUT2D eigenvalue weighted by molar-refractivity contribution is 0.589. The van der Waals surface area contributed by atoms with Gasteiger partial charge >= 0.3 is 0 Å². The minimum absolute atomic E-state index is 0.505. The minimum atomic E-state index is 0.505. The fourth-order valence-electron chi connectivity index (χ4n) is 2.59. The highest BCUT2D eigenvalue weighted by Gasteiger charge is 2.04. The van der Waals surface area contributed by atoms with Crippen molar-refractivity contribution in [3.05, 3.63) is 59.7 Å². The fraction of sp³-hybridized carbons (Fsp3) is 0.263. The van der Waals surface area contributed by atoms with E-state index >= 15 is 0 Å². The van der Waals surface area contributed by atoms with Gasteiger partial charge in [0.05, 0.1) is 0 Å². The van der Waals surface area contributed by atoms with Gasteiger partial charge in [-0.2, -0.15) is 0 Å². The molecule has 0 aliphatic carbocycles. The van der Waals surface area contributed by atoms with Gasteiger partial charge in [-0.1, -0.05) is 44.2 Å². The molecule has 4 N–H and O–H groups in total. The Morgan fingerprint density at radius 1 is 1.00 bits per heavy atom. The molecule has 0 saturated heterocycles. The van der Waals surface area contributed by atoms with Gasteiger partial charge in [0.15, 0.2) is 0 Å². The Bertz CT molecular complexity index is 754. The molecule has 0 atom stereocenters. The predicted octanol–water partition coefficient (Wildman–Crippen LogP) is 3.79. The summed E-state index contributed by atoms with van der Waals surface area (Å²) in [7, 11) is 0. The van der Waals surface area contributed by atoms with Crippen molar-refractivity contribution >= 4 is 10.9 Å². The lowest BCUT2D eigenvalue weighted by Crippen LogP contribution is -2.21. The van der Waals surface area contributed by atoms with E-state index in [1.807, 2.05) is 0 Å². The maximum absolute atomic E-state index is 5.71. The number of hydrogen-bond acceptors (Lipinski definition) is 2. The summed E-state index contributed by atoms with van der Waals surface area (Å²) in [4.78, 5) is 3.48. The first kappa shape index (κ1) is 14.8. The summed E-state index contributed by atoms with van der Waals surface area (Å²) in [5, 5.41) is 4.65. The molecule has 0 fully saturated rings. The first-order valence-electron chi connectivity index (χ1n) is 7.80. The van der Waals surface area contributed by atoms with E-state index in [4.69, 9.17) is 5.73 Å². The minimum Gasteiger partial charge on any atom is -0.355 e. The number of nitrogens with one attached hydrogen (secondary N) is 2. The second-order valence-electron chi connectivity index (χ2n) is 6.04. The second kappa shape index (κ2) is 6.34. The highest BCUT2D eigenvalue weighted by atomic mass is 14.9. The van der Waals surface area contributed by atoms with Crippen molar-refractivity contribution in [2.75, 3.05) is 0 Å². The molecular formula is C19H23N3. The van der Waals surface area contributed by atoms with Crippen molar-refractivity contribution in [2.45, 2.75) is 33.0 Å². The SMILES string of the molecule is CC(C)NCc1ccc(-c2cc3cc(CN)ccc3[nH]2)cc1. The summed E-state index contributed by atoms with van der Waals surface area (Å²) in [5.74, 6) is 0. The zero-order valence-corrected chi connectivity index (χ0v) is 13.2. The quantitative estimate of drug-likeness (QED) is 0.670. The van der Waals surface area contributed by atoms with E-state index in [2.05, 4.69) is 72.7 Å². The summed E-state index contributed by atoms with van der Waals surface area (Å²) in [6, 6.07) is 17.7. The number of nitrogens with two attached hydrogens (primary N) is 1. The van der Waals surface area contributed by atoms with Gasteiger partial charge in [0.25, 0.3) is 0 Å². The number of rotatable bonds is 5. The molecule has 0 aliphatic rings. The Morgan fingerprint density at radius 2 is 1.73 bits per heavy atom. The average molecular weight is 293 g/mol. The van der Waals surface area contributed by atoms with Crippen LogP contribution in [0.4, 0.5) is 0 Å². The zero-order chi connectivity index (χ0) is 15.5. The van der Waals surface area contributed by atoms with Crippen molar-refractivity contribution in [1.82, 2.24) is 10.3 Å². The summed E-state index contributed by atoms with van der Waals surface area (Å²) in [5.41, 5.74) is 11.7. The van der Waals surface area contributed by atoms with Crippen LogP contribution >= 0.6 is 0 Å². The molecule has 114 valence electrons. The smallest absolute Gasteiger partial charge is 0.0464 e. The highest BCUT2D eigenvalue weighted by molar-refractivity contribution is 5.86. The maximum atomic E-state index is 5.71. The number of aromatic nitrogens is 1. The monoisotopic (exact) mass is 293 g/mol. The van der Waals surface area contributed by atoms with Crippen LogP contribution in [-0.4, -0.2) is 11.0 Å². The molecule has 0 bridgehead atoms. The normalized spacial score (nSPS) is 11.5. The van der Waals surface area contributed by atoms with Crippen molar-refractivity contribution in [1.29, 1.82) is 0 Å². The van der Waals surface area contributed by atoms with Crippen LogP contribution in [0, 0.1) is 0 Å². The van der Waals surface area contributed by atoms with E-state index in [0.29, 0.717) is 12.6 Å². The third kappa shape index (κ3) is 3.21. The van der Waals surface area contributed by atoms with Crippen LogP contribution in [0.3, 0.4) is 0 Å². The zero-order valence-electron chi connectivity index (χ0n) is 13.2. The Kier molecular flexibility index (Phi) is 4.27. The molecule has 3 nitrogen and oxygen atoms in total. The van der Waals surface area contributed by atoms with Gasteiger partial charge in [-0.25, -0.2) is 0 Å². The molecule has 1 heterocycles. The van der Waals surface area contributed by atoms with Crippen LogP contribution in [0.1, 0.15) is 25.0 Å². The van der Waals surface area contributed by atoms with Gasteiger partial charge in [0, 0.05) is 35.7 Å². The summed E-state index contributed by atoms with van der Waals surface area (Å²) in [6.45, 7) is 5.81. The van der Waals surface area contributed by atoms with Crippen molar-refractivity contribution in [2.24, 2.45) is 5.73 Å². The molecule has 22 heavy (non-hydrogen) atoms. The molecule has 0 saturated carbocycles. The Labute approximate surface area is 131 Å². The Morgan fingerprint density at radius 3 is 2.41 bits per heavy atom. The third-order valence-electron chi connectivity index (χ3n) is 3.90. The highest BCUT2D eigenvalue weighted by Crippen LogP contribution is 2.25. The molecule has 0 unspecified atom stereocenters. The Hall–Kier alpha value is -2.10. The van der Waals surface area contributed by atoms with Crippen LogP contribution < -0.4 is 11.1 Å². The molecule has 0 aliphatic heterocycles. The van der Waals surface area contributed by atoms with Gasteiger partial charge in [-0.3, -0.25) is 0 Å². The molecular weight excluding hydrogens is 270 g/mol. The van der Waals surface area contributed by atoms with E-state index in [0.717, 1.165) is 23.3 Å². The van der Waals surface area contributed by atoms with Gasteiger partial charge < -0.3 is 16.0 Å². The standard InChI is InChI=1S/C19H23N3/c1-13(2)21-12-14-3-6-16(7-4-14)19-10-17-9-15(11-20)5-8-18(17)22-19/h3-10,13,21-22H,11-12,20H2,1-2H3. The predicted molar refractivity (Wildman–Crippen MR) is 93.6 cm³/mol. The molecule has 0 amide bonds. The third-order valence-corrected chi connectivity index (χ3v) is 3.90. The first-order valence-corrected chi connectivity index (χ1v) is 7.80. The molecule has 3 rings (SSSR count). The van der Waals surface area contributed by atoms with Crippen LogP contribution in [0.5, 0.6) is 0 Å². The number of H-pyrrole nitrogens is 1. The van der Waals surface area contributed by atoms with E-state index in [1.54, 1.807) is 0 Å². The molecule has 2 aromatic carbocycles. The van der Waals surface area contributed by atoms with Crippen molar-refractivity contribution in [3.63, 3.8) is 0 Å². The first-order chi connectivity index (χ1) is 10.7. The van der Waals surface area contributed by atoms with E-state index in [-0.39, 0.29) is 0 Å². The lowest BCUT2D eigenvalue weighted by atomic mass is 10.1. The maximum Gasteiger partial charge on any atom is 0.0464 e. The van der Waals surface area contributed by atoms with E-state index in [9.17, 15) is 0 Å². The fourth-order valence-corrected chi connectivity index (χ4v) is 2.59. The van der Waals surface area contributed by atoms with Crippen LogP contribution in [0.25, 0.3) is 22.2 Å². The Balaban J connectivity index is 1.84. The van der Waals surface area contributed by atoms with E-state index in [1.165, 1.54) is 16.5 Å². The topological polar surface area (TPSA) is 53.8 Å². The van der Waals surface area contributed by atoms with Gasteiger partial charge in [-0.15, -0.1) is 0 Å². The molecule has 1 aromatic heterocycles. The van der Waals surface area contributed by atoms with Crippen LogP contribution in [-0.2, 0) is 13.1 Å².